The van der Waals surface area contributed by atoms with E-state index in [1.54, 1.807) is 5.57 Å². The summed E-state index contributed by atoms with van der Waals surface area (Å²) in [4.78, 5) is 0. The Kier molecular flexibility index (Phi) is 5.12. The molecule has 0 spiro atoms. The minimum absolute atomic E-state index is 0.121. The monoisotopic (exact) mass is 378 g/mol. The summed E-state index contributed by atoms with van der Waals surface area (Å²) < 4.78 is 17.1. The van der Waals surface area contributed by atoms with Gasteiger partial charge in [-0.15, -0.1) is 0 Å². The van der Waals surface area contributed by atoms with Crippen LogP contribution < -0.4 is 0 Å². The molecule has 26 heavy (non-hydrogen) atoms. The Hall–Kier alpha value is -0.240. The second kappa shape index (κ2) is 6.98. The van der Waals surface area contributed by atoms with Crippen LogP contribution in [0, 0.1) is 34.5 Å². The third kappa shape index (κ3) is 2.93. The van der Waals surface area contributed by atoms with E-state index in [1.165, 1.54) is 38.5 Å². The highest BCUT2D eigenvalue weighted by Crippen LogP contribution is 2.67. The maximum Gasteiger partial charge on any atom is 0.155 e. The highest BCUT2D eigenvalue weighted by atomic mass is 31.1. The van der Waals surface area contributed by atoms with Crippen molar-refractivity contribution in [3.8, 4) is 0 Å². The van der Waals surface area contributed by atoms with Crippen LogP contribution in [0.5, 0.6) is 0 Å². The van der Waals surface area contributed by atoms with E-state index in [-0.39, 0.29) is 17.6 Å². The lowest BCUT2D eigenvalue weighted by Crippen LogP contribution is -2.37. The van der Waals surface area contributed by atoms with Crippen LogP contribution in [0.1, 0.15) is 65.2 Å². The van der Waals surface area contributed by atoms with Crippen molar-refractivity contribution in [2.24, 2.45) is 34.5 Å². The number of methoxy groups -OCH3 is 1. The lowest BCUT2D eigenvalue weighted by molar-refractivity contribution is 0.0553. The first-order valence-corrected chi connectivity index (χ1v) is 11.6. The lowest BCUT2D eigenvalue weighted by Gasteiger charge is -2.44. The van der Waals surface area contributed by atoms with Crippen LogP contribution in [-0.4, -0.2) is 30.6 Å². The highest BCUT2D eigenvalue weighted by Gasteiger charge is 2.64. The number of ether oxygens (including phenoxy) is 1. The van der Waals surface area contributed by atoms with Gasteiger partial charge < -0.3 is 9.84 Å². The van der Waals surface area contributed by atoms with Crippen LogP contribution in [0.3, 0.4) is 0 Å². The number of aliphatic hydroxyl groups excluding tert-OH is 1. The summed E-state index contributed by atoms with van der Waals surface area (Å²) >= 11 is 0. The van der Waals surface area contributed by atoms with Gasteiger partial charge in [0.2, 0.25) is 0 Å². The largest absolute Gasteiger partial charge is 0.393 e. The second-order valence-electron chi connectivity index (χ2n) is 10.0. The molecule has 0 aromatic carbocycles. The fourth-order valence-corrected chi connectivity index (χ4v) is 7.89. The summed E-state index contributed by atoms with van der Waals surface area (Å²) in [7, 11) is 2.15. The molecular weight excluding hydrogens is 343 g/mol. The molecule has 0 saturated heterocycles. The van der Waals surface area contributed by atoms with Crippen molar-refractivity contribution < 1.29 is 14.4 Å². The first-order chi connectivity index (χ1) is 12.4. The average molecular weight is 378 g/mol. The molecule has 4 fully saturated rings. The van der Waals surface area contributed by atoms with E-state index in [0.29, 0.717) is 37.5 Å². The zero-order chi connectivity index (χ0) is 18.5. The van der Waals surface area contributed by atoms with Gasteiger partial charge in [0.1, 0.15) is 0 Å². The second-order valence-corrected chi connectivity index (χ2v) is 10.6. The molecule has 8 atom stereocenters. The highest BCUT2D eigenvalue weighted by molar-refractivity contribution is 7.23. The first kappa shape index (κ1) is 19.1. The normalized spacial score (nSPS) is 48.4. The van der Waals surface area contributed by atoms with E-state index in [4.69, 9.17) is 4.74 Å². The van der Waals surface area contributed by atoms with Crippen LogP contribution >= 0.6 is 8.46 Å². The quantitative estimate of drug-likeness (QED) is 0.508. The van der Waals surface area contributed by atoms with Gasteiger partial charge in [-0.05, 0) is 80.5 Å². The van der Waals surface area contributed by atoms with Gasteiger partial charge >= 0.3 is 0 Å². The number of aliphatic hydroxyl groups is 1. The van der Waals surface area contributed by atoms with Gasteiger partial charge in [0, 0.05) is 18.7 Å². The minimum atomic E-state index is -0.121. The molecule has 5 unspecified atom stereocenters. The van der Waals surface area contributed by atoms with E-state index < -0.39 is 0 Å². The molecule has 0 aliphatic heterocycles. The standard InChI is InChI=1S/C22H35O3P/c1-14(13-26-24)18-6-7-19-15(5-4-8-21(18,19)2)9-20(25-3)22-11-16(22)10-17(23)12-22/h9,14,16-20,23H,4-8,10-13H2,1-3H3/b15-9+/t14-,16?,17+,18?,19?,20?,21-,22?/m1/s1. The average Bonchev–Trinajstić information content (AvgIpc) is 2.98. The topological polar surface area (TPSA) is 46.5 Å². The third-order valence-corrected chi connectivity index (χ3v) is 9.45. The van der Waals surface area contributed by atoms with Crippen LogP contribution in [0.25, 0.3) is 0 Å². The van der Waals surface area contributed by atoms with Crippen LogP contribution in [0.2, 0.25) is 0 Å². The zero-order valence-electron chi connectivity index (χ0n) is 16.6. The van der Waals surface area contributed by atoms with Gasteiger partial charge in [-0.25, -0.2) is 0 Å². The van der Waals surface area contributed by atoms with Gasteiger partial charge in [-0.3, -0.25) is 4.57 Å². The number of hydrogen-bond acceptors (Lipinski definition) is 3. The van der Waals surface area contributed by atoms with Gasteiger partial charge in [0.15, 0.2) is 8.46 Å². The SMILES string of the molecule is COC(/C=C1\CCC[C@@]2(C)C1CCC2[C@H](C)CP=O)C12CC1C[C@H](O)C2. The summed E-state index contributed by atoms with van der Waals surface area (Å²) in [5.41, 5.74) is 2.21. The molecule has 146 valence electrons. The molecular formula is C22H35O3P. The first-order valence-electron chi connectivity index (χ1n) is 10.6. The smallest absolute Gasteiger partial charge is 0.155 e. The van der Waals surface area contributed by atoms with E-state index in [2.05, 4.69) is 19.9 Å². The van der Waals surface area contributed by atoms with Crippen molar-refractivity contribution in [2.45, 2.75) is 77.4 Å². The molecule has 4 saturated carbocycles. The van der Waals surface area contributed by atoms with Crippen molar-refractivity contribution in [1.82, 2.24) is 0 Å². The number of rotatable bonds is 6. The molecule has 1 N–H and O–H groups in total. The Morgan fingerprint density at radius 1 is 1.38 bits per heavy atom. The molecule has 4 aliphatic rings. The molecule has 0 bridgehead atoms. The number of fused-ring (bicyclic) bond motifs is 2. The Morgan fingerprint density at radius 2 is 2.19 bits per heavy atom. The molecule has 0 aromatic heterocycles. The van der Waals surface area contributed by atoms with E-state index in [9.17, 15) is 9.67 Å². The molecule has 4 aliphatic carbocycles. The van der Waals surface area contributed by atoms with Gasteiger partial charge in [0.05, 0.1) is 12.2 Å². The Bertz CT molecular complexity index is 590. The summed E-state index contributed by atoms with van der Waals surface area (Å²) in [6, 6.07) is 0. The molecule has 0 amide bonds. The molecule has 3 nitrogen and oxygen atoms in total. The zero-order valence-corrected chi connectivity index (χ0v) is 17.5. The molecule has 4 heteroatoms. The van der Waals surface area contributed by atoms with Gasteiger partial charge in [-0.1, -0.05) is 25.5 Å². The predicted molar refractivity (Wildman–Crippen MR) is 104 cm³/mol. The Balaban J connectivity index is 1.56. The maximum atomic E-state index is 11.1. The van der Waals surface area contributed by atoms with Crippen molar-refractivity contribution in [3.05, 3.63) is 11.6 Å². The van der Waals surface area contributed by atoms with Crippen LogP contribution in [0.15, 0.2) is 11.6 Å². The van der Waals surface area contributed by atoms with Crippen molar-refractivity contribution in [1.29, 1.82) is 0 Å². The third-order valence-electron chi connectivity index (χ3n) is 8.72. The molecule has 0 aromatic rings. The fourth-order valence-electron chi connectivity index (χ4n) is 7.41. The number of hydrogen-bond donors (Lipinski definition) is 1. The van der Waals surface area contributed by atoms with Crippen molar-refractivity contribution >= 4 is 8.46 Å². The van der Waals surface area contributed by atoms with E-state index in [0.717, 1.165) is 19.0 Å². The minimum Gasteiger partial charge on any atom is -0.393 e. The summed E-state index contributed by atoms with van der Waals surface area (Å²) in [6.45, 7) is 4.80. The summed E-state index contributed by atoms with van der Waals surface area (Å²) in [6.07, 6.45) is 12.8. The molecule has 4 rings (SSSR count). The van der Waals surface area contributed by atoms with Crippen molar-refractivity contribution in [2.75, 3.05) is 13.3 Å². The Labute approximate surface area is 160 Å². The van der Waals surface area contributed by atoms with Gasteiger partial charge in [-0.2, -0.15) is 0 Å². The molecule has 0 heterocycles. The van der Waals surface area contributed by atoms with Crippen LogP contribution in [-0.2, 0) is 9.30 Å². The summed E-state index contributed by atoms with van der Waals surface area (Å²) in [5.74, 6) is 2.57. The molecule has 0 radical (unpaired) electrons. The van der Waals surface area contributed by atoms with Gasteiger partial charge in [0.25, 0.3) is 0 Å². The van der Waals surface area contributed by atoms with E-state index >= 15 is 0 Å². The maximum absolute atomic E-state index is 11.1. The van der Waals surface area contributed by atoms with Crippen molar-refractivity contribution in [3.63, 3.8) is 0 Å². The number of allylic oxidation sites excluding steroid dienone is 1. The Morgan fingerprint density at radius 3 is 2.85 bits per heavy atom. The van der Waals surface area contributed by atoms with E-state index in [1.807, 2.05) is 7.11 Å². The predicted octanol–water partition coefficient (Wildman–Crippen LogP) is 5.23. The summed E-state index contributed by atoms with van der Waals surface area (Å²) in [5, 5.41) is 10.1. The van der Waals surface area contributed by atoms with Crippen LogP contribution in [0.4, 0.5) is 0 Å². The fraction of sp³-hybridized carbons (Fsp3) is 0.909. The lowest BCUT2D eigenvalue weighted by atomic mass is 9.61.